The third-order valence-electron chi connectivity index (χ3n) is 4.42. The molecule has 0 saturated carbocycles. The SMILES string of the molecule is Cc1cc(N2CCN(C(=O)c3nc4ccccn4c3F)CC2)nc(N)n1. The molecule has 0 aliphatic carbocycles. The van der Waals surface area contributed by atoms with E-state index in [1.54, 1.807) is 29.3 Å². The van der Waals surface area contributed by atoms with Crippen molar-refractivity contribution in [3.05, 3.63) is 47.8 Å². The first-order valence-electron chi connectivity index (χ1n) is 8.31. The number of nitrogens with zero attached hydrogens (tertiary/aromatic N) is 6. The molecular weight excluding hydrogens is 337 g/mol. The minimum atomic E-state index is -0.632. The molecule has 1 fully saturated rings. The molecule has 1 saturated heterocycles. The van der Waals surface area contributed by atoms with Crippen molar-refractivity contribution >= 4 is 23.3 Å². The number of amides is 1. The highest BCUT2D eigenvalue weighted by Gasteiger charge is 2.27. The molecule has 3 aromatic heterocycles. The number of nitrogens with two attached hydrogens (primary N) is 1. The number of carbonyl (C=O) groups is 1. The standard InChI is InChI=1S/C17H18FN7O/c1-11-10-13(22-17(19)20-11)23-6-8-24(9-7-23)16(26)14-15(18)25-5-3-2-4-12(25)21-14/h2-5,10H,6-9H2,1H3,(H2,19,20,22). The van der Waals surface area contributed by atoms with E-state index in [9.17, 15) is 9.18 Å². The maximum atomic E-state index is 14.5. The van der Waals surface area contributed by atoms with Gasteiger partial charge in [-0.3, -0.25) is 9.20 Å². The van der Waals surface area contributed by atoms with Gasteiger partial charge in [0.1, 0.15) is 11.5 Å². The lowest BCUT2D eigenvalue weighted by Gasteiger charge is -2.35. The zero-order valence-electron chi connectivity index (χ0n) is 14.3. The third kappa shape index (κ3) is 2.81. The summed E-state index contributed by atoms with van der Waals surface area (Å²) in [7, 11) is 0. The van der Waals surface area contributed by atoms with Gasteiger partial charge < -0.3 is 15.5 Å². The van der Waals surface area contributed by atoms with Crippen molar-refractivity contribution in [2.45, 2.75) is 6.92 Å². The number of nitrogen functional groups attached to an aromatic ring is 1. The Morgan fingerprint density at radius 1 is 1.15 bits per heavy atom. The number of hydrogen-bond acceptors (Lipinski definition) is 6. The van der Waals surface area contributed by atoms with Crippen molar-refractivity contribution in [2.75, 3.05) is 36.8 Å². The summed E-state index contributed by atoms with van der Waals surface area (Å²) < 4.78 is 15.8. The Kier molecular flexibility index (Phi) is 3.90. The summed E-state index contributed by atoms with van der Waals surface area (Å²) in [5.41, 5.74) is 6.76. The molecule has 1 aliphatic heterocycles. The van der Waals surface area contributed by atoms with E-state index in [4.69, 9.17) is 5.73 Å². The van der Waals surface area contributed by atoms with E-state index in [-0.39, 0.29) is 11.6 Å². The van der Waals surface area contributed by atoms with Gasteiger partial charge in [0.05, 0.1) is 0 Å². The highest BCUT2D eigenvalue weighted by Crippen LogP contribution is 2.18. The Hall–Kier alpha value is -3.23. The summed E-state index contributed by atoms with van der Waals surface area (Å²) in [6, 6.07) is 6.97. The monoisotopic (exact) mass is 355 g/mol. The van der Waals surface area contributed by atoms with Crippen molar-refractivity contribution in [1.82, 2.24) is 24.3 Å². The molecule has 0 bridgehead atoms. The molecule has 1 amide bonds. The second-order valence-electron chi connectivity index (χ2n) is 6.19. The molecule has 0 spiro atoms. The molecule has 0 unspecified atom stereocenters. The Balaban J connectivity index is 1.50. The molecule has 26 heavy (non-hydrogen) atoms. The maximum absolute atomic E-state index is 14.5. The van der Waals surface area contributed by atoms with E-state index in [2.05, 4.69) is 15.0 Å². The van der Waals surface area contributed by atoms with Gasteiger partial charge in [-0.25, -0.2) is 9.97 Å². The molecule has 0 atom stereocenters. The topological polar surface area (TPSA) is 92.6 Å². The average molecular weight is 355 g/mol. The van der Waals surface area contributed by atoms with Crippen molar-refractivity contribution < 1.29 is 9.18 Å². The van der Waals surface area contributed by atoms with Crippen LogP contribution in [0.4, 0.5) is 16.2 Å². The number of imidazole rings is 1. The second-order valence-corrected chi connectivity index (χ2v) is 6.19. The normalized spacial score (nSPS) is 14.8. The molecule has 0 aromatic carbocycles. The van der Waals surface area contributed by atoms with Crippen LogP contribution in [0.5, 0.6) is 0 Å². The molecule has 3 aromatic rings. The predicted molar refractivity (Wildman–Crippen MR) is 94.4 cm³/mol. The fraction of sp³-hybridized carbons (Fsp3) is 0.294. The number of anilines is 2. The Morgan fingerprint density at radius 3 is 2.62 bits per heavy atom. The lowest BCUT2D eigenvalue weighted by Crippen LogP contribution is -2.49. The summed E-state index contributed by atoms with van der Waals surface area (Å²) >= 11 is 0. The third-order valence-corrected chi connectivity index (χ3v) is 4.42. The molecule has 2 N–H and O–H groups in total. The number of pyridine rings is 1. The van der Waals surface area contributed by atoms with Crippen molar-refractivity contribution in [1.29, 1.82) is 0 Å². The first-order valence-corrected chi connectivity index (χ1v) is 8.31. The molecule has 8 nitrogen and oxygen atoms in total. The largest absolute Gasteiger partial charge is 0.368 e. The molecule has 4 heterocycles. The van der Waals surface area contributed by atoms with Crippen LogP contribution in [0.3, 0.4) is 0 Å². The van der Waals surface area contributed by atoms with Crippen LogP contribution < -0.4 is 10.6 Å². The van der Waals surface area contributed by atoms with Gasteiger partial charge in [0.25, 0.3) is 5.91 Å². The lowest BCUT2D eigenvalue weighted by molar-refractivity contribution is 0.0736. The predicted octanol–water partition coefficient (Wildman–Crippen LogP) is 1.12. The molecule has 1 aliphatic rings. The summed E-state index contributed by atoms with van der Waals surface area (Å²) in [6.07, 6.45) is 1.55. The van der Waals surface area contributed by atoms with E-state index in [0.29, 0.717) is 31.8 Å². The van der Waals surface area contributed by atoms with Gasteiger partial charge in [-0.1, -0.05) is 6.07 Å². The first kappa shape index (κ1) is 16.2. The Bertz CT molecular complexity index is 958. The number of halogens is 1. The quantitative estimate of drug-likeness (QED) is 0.740. The smallest absolute Gasteiger partial charge is 0.277 e. The first-order chi connectivity index (χ1) is 12.5. The van der Waals surface area contributed by atoms with Crippen LogP contribution in [-0.2, 0) is 0 Å². The van der Waals surface area contributed by atoms with E-state index < -0.39 is 11.9 Å². The van der Waals surface area contributed by atoms with Crippen LogP contribution in [0, 0.1) is 12.9 Å². The molecule has 0 radical (unpaired) electrons. The summed E-state index contributed by atoms with van der Waals surface area (Å²) in [6.45, 7) is 3.92. The number of carbonyl (C=O) groups excluding carboxylic acids is 1. The minimum Gasteiger partial charge on any atom is -0.368 e. The van der Waals surface area contributed by atoms with Crippen LogP contribution in [0.25, 0.3) is 5.65 Å². The zero-order valence-corrected chi connectivity index (χ0v) is 14.3. The van der Waals surface area contributed by atoms with Gasteiger partial charge >= 0.3 is 0 Å². The zero-order chi connectivity index (χ0) is 18.3. The van der Waals surface area contributed by atoms with Crippen molar-refractivity contribution in [3.63, 3.8) is 0 Å². The van der Waals surface area contributed by atoms with E-state index >= 15 is 0 Å². The van der Waals surface area contributed by atoms with Gasteiger partial charge in [0.2, 0.25) is 11.9 Å². The van der Waals surface area contributed by atoms with Crippen molar-refractivity contribution in [3.8, 4) is 0 Å². The van der Waals surface area contributed by atoms with Crippen LogP contribution in [-0.4, -0.2) is 56.3 Å². The number of fused-ring (bicyclic) bond motifs is 1. The minimum absolute atomic E-state index is 0.147. The summed E-state index contributed by atoms with van der Waals surface area (Å²) in [5.74, 6) is -0.0669. The van der Waals surface area contributed by atoms with Crippen LogP contribution in [0.1, 0.15) is 16.2 Å². The Morgan fingerprint density at radius 2 is 1.92 bits per heavy atom. The molecular formula is C17H18FN7O. The van der Waals surface area contributed by atoms with Gasteiger partial charge in [0.15, 0.2) is 5.69 Å². The van der Waals surface area contributed by atoms with E-state index in [1.165, 1.54) is 4.40 Å². The van der Waals surface area contributed by atoms with E-state index in [1.807, 2.05) is 17.9 Å². The number of aryl methyl sites for hydroxylation is 1. The number of piperazine rings is 1. The number of rotatable bonds is 2. The molecule has 9 heteroatoms. The highest BCUT2D eigenvalue weighted by atomic mass is 19.1. The highest BCUT2D eigenvalue weighted by molar-refractivity contribution is 5.93. The van der Waals surface area contributed by atoms with Crippen molar-refractivity contribution in [2.24, 2.45) is 0 Å². The van der Waals surface area contributed by atoms with Crippen LogP contribution in [0.15, 0.2) is 30.5 Å². The fourth-order valence-electron chi connectivity index (χ4n) is 3.13. The van der Waals surface area contributed by atoms with Gasteiger partial charge in [-0.15, -0.1) is 0 Å². The number of aromatic nitrogens is 4. The number of hydrogen-bond donors (Lipinski definition) is 1. The molecule has 4 rings (SSSR count). The summed E-state index contributed by atoms with van der Waals surface area (Å²) in [4.78, 5) is 28.8. The maximum Gasteiger partial charge on any atom is 0.277 e. The van der Waals surface area contributed by atoms with Gasteiger partial charge in [-0.05, 0) is 19.1 Å². The van der Waals surface area contributed by atoms with Crippen LogP contribution in [0.2, 0.25) is 0 Å². The van der Waals surface area contributed by atoms with Gasteiger partial charge in [0, 0.05) is 44.1 Å². The van der Waals surface area contributed by atoms with E-state index in [0.717, 1.165) is 11.5 Å². The fourth-order valence-corrected chi connectivity index (χ4v) is 3.13. The average Bonchev–Trinajstić information content (AvgIpc) is 2.97. The lowest BCUT2D eigenvalue weighted by atomic mass is 10.2. The van der Waals surface area contributed by atoms with Gasteiger partial charge in [-0.2, -0.15) is 9.37 Å². The second kappa shape index (κ2) is 6.25. The van der Waals surface area contributed by atoms with Crippen LogP contribution >= 0.6 is 0 Å². The Labute approximate surface area is 149 Å². The summed E-state index contributed by atoms with van der Waals surface area (Å²) in [5, 5.41) is 0. The molecule has 134 valence electrons.